The molecule has 2 aromatic carbocycles. The normalized spacial score (nSPS) is 13.4. The van der Waals surface area contributed by atoms with Crippen molar-refractivity contribution in [3.8, 4) is 0 Å². The predicted octanol–water partition coefficient (Wildman–Crippen LogP) is 2.32. The fourth-order valence-electron chi connectivity index (χ4n) is 4.12. The number of carbonyl (C=O) groups excluding carboxylic acids is 1. The molecule has 4 aromatic rings. The van der Waals surface area contributed by atoms with Gasteiger partial charge in [-0.15, -0.1) is 0 Å². The number of anilines is 2. The molecule has 0 aliphatic carbocycles. The Morgan fingerprint density at radius 2 is 1.65 bits per heavy atom. The molecular formula is C23H21N5O3. The summed E-state index contributed by atoms with van der Waals surface area (Å²) in [6, 6.07) is 18.5. The van der Waals surface area contributed by atoms with Gasteiger partial charge in [0.05, 0.1) is 6.54 Å². The van der Waals surface area contributed by atoms with E-state index in [-0.39, 0.29) is 12.3 Å². The maximum absolute atomic E-state index is 13.4. The van der Waals surface area contributed by atoms with Crippen molar-refractivity contribution in [1.82, 2.24) is 18.7 Å². The minimum atomic E-state index is -0.552. The Morgan fingerprint density at radius 3 is 2.35 bits per heavy atom. The monoisotopic (exact) mass is 415 g/mol. The fraction of sp³-hybridized carbons (Fsp3) is 0.217. The highest BCUT2D eigenvalue weighted by molar-refractivity contribution is 5.96. The predicted molar refractivity (Wildman–Crippen MR) is 118 cm³/mol. The first-order valence-corrected chi connectivity index (χ1v) is 10.2. The van der Waals surface area contributed by atoms with Gasteiger partial charge in [-0.25, -0.2) is 4.79 Å². The van der Waals surface area contributed by atoms with E-state index in [4.69, 9.17) is 0 Å². The third-order valence-corrected chi connectivity index (χ3v) is 5.68. The second-order valence-electron chi connectivity index (χ2n) is 7.60. The van der Waals surface area contributed by atoms with E-state index in [9.17, 15) is 14.4 Å². The van der Waals surface area contributed by atoms with Crippen LogP contribution in [0.2, 0.25) is 0 Å². The van der Waals surface area contributed by atoms with Crippen LogP contribution >= 0.6 is 0 Å². The van der Waals surface area contributed by atoms with Crippen LogP contribution in [0.4, 0.5) is 11.6 Å². The van der Waals surface area contributed by atoms with E-state index in [1.165, 1.54) is 4.57 Å². The number of carbonyl (C=O) groups is 1. The van der Waals surface area contributed by atoms with E-state index in [1.54, 1.807) is 31.3 Å². The first kappa shape index (κ1) is 19.0. The topological polar surface area (TPSA) is 82.1 Å². The third-order valence-electron chi connectivity index (χ3n) is 5.68. The zero-order valence-electron chi connectivity index (χ0n) is 17.1. The fourth-order valence-corrected chi connectivity index (χ4v) is 4.12. The van der Waals surface area contributed by atoms with Gasteiger partial charge in [0.2, 0.25) is 5.95 Å². The second kappa shape index (κ2) is 7.39. The van der Waals surface area contributed by atoms with Gasteiger partial charge in [0.25, 0.3) is 5.56 Å². The lowest BCUT2D eigenvalue weighted by atomic mass is 10.1. The summed E-state index contributed by atoms with van der Waals surface area (Å²) in [5.74, 6) is 0.343. The van der Waals surface area contributed by atoms with Gasteiger partial charge in [-0.2, -0.15) is 4.98 Å². The number of Topliss-reactive ketones (excluding diaryl/α,β-unsaturated/α-hetero) is 1. The van der Waals surface area contributed by atoms with E-state index in [1.807, 2.05) is 45.9 Å². The summed E-state index contributed by atoms with van der Waals surface area (Å²) in [5.41, 5.74) is 1.07. The lowest BCUT2D eigenvalue weighted by Gasteiger charge is -2.28. The molecule has 0 bridgehead atoms. The highest BCUT2D eigenvalue weighted by atomic mass is 16.2. The van der Waals surface area contributed by atoms with Crippen LogP contribution in [0, 0.1) is 0 Å². The van der Waals surface area contributed by atoms with Crippen molar-refractivity contribution < 1.29 is 4.79 Å². The van der Waals surface area contributed by atoms with Crippen molar-refractivity contribution >= 4 is 28.6 Å². The summed E-state index contributed by atoms with van der Waals surface area (Å²) in [7, 11) is 1.58. The summed E-state index contributed by atoms with van der Waals surface area (Å²) < 4.78 is 4.22. The number of hydrogen-bond donors (Lipinski definition) is 0. The van der Waals surface area contributed by atoms with E-state index >= 15 is 0 Å². The average molecular weight is 415 g/mol. The van der Waals surface area contributed by atoms with Crippen molar-refractivity contribution in [3.63, 3.8) is 0 Å². The quantitative estimate of drug-likeness (QED) is 0.478. The molecule has 0 atom stereocenters. The SMILES string of the molecule is Cn1c(=O)n(CC(=O)c2ccccc2)c(=O)c2c1nc1n2CCCN1c1ccccc1. The molecule has 3 heterocycles. The molecule has 0 saturated carbocycles. The molecule has 8 nitrogen and oxygen atoms in total. The van der Waals surface area contributed by atoms with Gasteiger partial charge in [-0.3, -0.25) is 18.7 Å². The van der Waals surface area contributed by atoms with Crippen LogP contribution in [-0.2, 0) is 20.1 Å². The van der Waals surface area contributed by atoms with Gasteiger partial charge in [-0.05, 0) is 18.6 Å². The van der Waals surface area contributed by atoms with Crippen LogP contribution in [0.3, 0.4) is 0 Å². The minimum absolute atomic E-state index is 0.288. The molecule has 2 aromatic heterocycles. The molecule has 1 aliphatic rings. The van der Waals surface area contributed by atoms with Gasteiger partial charge < -0.3 is 9.47 Å². The molecule has 0 fully saturated rings. The molecule has 31 heavy (non-hydrogen) atoms. The number of hydrogen-bond acceptors (Lipinski definition) is 5. The molecule has 0 radical (unpaired) electrons. The third kappa shape index (κ3) is 3.07. The number of nitrogens with zero attached hydrogens (tertiary/aromatic N) is 5. The average Bonchev–Trinajstić information content (AvgIpc) is 3.21. The molecule has 0 unspecified atom stereocenters. The van der Waals surface area contributed by atoms with E-state index in [0.717, 1.165) is 23.2 Å². The van der Waals surface area contributed by atoms with Crippen molar-refractivity contribution in [2.75, 3.05) is 11.4 Å². The van der Waals surface area contributed by atoms with E-state index < -0.39 is 11.2 Å². The summed E-state index contributed by atoms with van der Waals surface area (Å²) >= 11 is 0. The lowest BCUT2D eigenvalue weighted by molar-refractivity contribution is 0.0969. The maximum Gasteiger partial charge on any atom is 0.332 e. The zero-order chi connectivity index (χ0) is 21.5. The second-order valence-corrected chi connectivity index (χ2v) is 7.60. The molecule has 5 rings (SSSR count). The Hall–Kier alpha value is -3.94. The van der Waals surface area contributed by atoms with Crippen LogP contribution in [0.1, 0.15) is 16.8 Å². The standard InChI is InChI=1S/C23H21N5O3/c1-25-20-19(21(30)28(23(25)31)15-18(29)16-9-4-2-5-10-16)27-14-8-13-26(22(27)24-20)17-11-6-3-7-12-17/h2-7,9-12H,8,13-15H2,1H3. The summed E-state index contributed by atoms with van der Waals surface area (Å²) in [4.78, 5) is 45.7. The number of imidazole rings is 1. The van der Waals surface area contributed by atoms with Gasteiger partial charge in [0.1, 0.15) is 0 Å². The smallest absolute Gasteiger partial charge is 0.312 e. The van der Waals surface area contributed by atoms with Crippen LogP contribution in [0.5, 0.6) is 0 Å². The zero-order valence-corrected chi connectivity index (χ0v) is 17.1. The van der Waals surface area contributed by atoms with E-state index in [2.05, 4.69) is 4.98 Å². The molecular weight excluding hydrogens is 394 g/mol. The highest BCUT2D eigenvalue weighted by Gasteiger charge is 2.27. The number of aromatic nitrogens is 4. The highest BCUT2D eigenvalue weighted by Crippen LogP contribution is 2.30. The molecule has 1 aliphatic heterocycles. The number of benzene rings is 2. The van der Waals surface area contributed by atoms with Crippen LogP contribution in [0.15, 0.2) is 70.3 Å². The van der Waals surface area contributed by atoms with Gasteiger partial charge in [0, 0.05) is 31.4 Å². The number of para-hydroxylation sites is 1. The Morgan fingerprint density at radius 1 is 0.968 bits per heavy atom. The molecule has 0 amide bonds. The molecule has 0 N–H and O–H groups in total. The Kier molecular flexibility index (Phi) is 4.54. The molecule has 0 spiro atoms. The first-order valence-electron chi connectivity index (χ1n) is 10.2. The lowest BCUT2D eigenvalue weighted by Crippen LogP contribution is -2.41. The van der Waals surface area contributed by atoms with Crippen molar-refractivity contribution in [2.45, 2.75) is 19.5 Å². The maximum atomic E-state index is 13.4. The summed E-state index contributed by atoms with van der Waals surface area (Å²) in [6.07, 6.45) is 0.832. The van der Waals surface area contributed by atoms with Crippen molar-refractivity contribution in [2.24, 2.45) is 7.05 Å². The Labute approximate surface area is 177 Å². The number of aryl methyl sites for hydroxylation is 2. The van der Waals surface area contributed by atoms with Gasteiger partial charge in [-0.1, -0.05) is 48.5 Å². The Balaban J connectivity index is 1.67. The van der Waals surface area contributed by atoms with Crippen molar-refractivity contribution in [1.29, 1.82) is 0 Å². The molecule has 0 saturated heterocycles. The molecule has 8 heteroatoms. The Bertz CT molecular complexity index is 1400. The number of ketones is 1. The minimum Gasteiger partial charge on any atom is -0.312 e. The largest absolute Gasteiger partial charge is 0.332 e. The summed E-state index contributed by atoms with van der Waals surface area (Å²) in [5, 5.41) is 0. The van der Waals surface area contributed by atoms with Gasteiger partial charge >= 0.3 is 5.69 Å². The number of rotatable bonds is 4. The first-order chi connectivity index (χ1) is 15.1. The molecule has 156 valence electrons. The van der Waals surface area contributed by atoms with E-state index in [0.29, 0.717) is 29.2 Å². The van der Waals surface area contributed by atoms with Crippen LogP contribution < -0.4 is 16.1 Å². The van der Waals surface area contributed by atoms with Crippen molar-refractivity contribution in [3.05, 3.63) is 87.1 Å². The number of fused-ring (bicyclic) bond motifs is 3. The van der Waals surface area contributed by atoms with Crippen LogP contribution in [-0.4, -0.2) is 31.0 Å². The van der Waals surface area contributed by atoms with Gasteiger partial charge in [0.15, 0.2) is 16.9 Å². The van der Waals surface area contributed by atoms with Crippen LogP contribution in [0.25, 0.3) is 11.2 Å². The summed E-state index contributed by atoms with van der Waals surface area (Å²) in [6.45, 7) is 1.07.